The van der Waals surface area contributed by atoms with Crippen LogP contribution in [0.4, 0.5) is 0 Å². The summed E-state index contributed by atoms with van der Waals surface area (Å²) in [5, 5.41) is 9.48. The van der Waals surface area contributed by atoms with E-state index < -0.39 is 11.9 Å². The van der Waals surface area contributed by atoms with Gasteiger partial charge in [-0.3, -0.25) is 14.4 Å². The molecule has 0 aromatic heterocycles. The number of carboxylic acids is 1. The minimum absolute atomic E-state index is 0.00535. The second-order valence-corrected chi connectivity index (χ2v) is 7.75. The maximum absolute atomic E-state index is 13.0. The molecule has 0 spiro atoms. The first kappa shape index (κ1) is 20.0. The molecule has 0 fully saturated rings. The molecule has 1 aromatic rings. The summed E-state index contributed by atoms with van der Waals surface area (Å²) in [5.41, 5.74) is 3.52. The third-order valence-electron chi connectivity index (χ3n) is 5.92. The van der Waals surface area contributed by atoms with Crippen LogP contribution in [0.2, 0.25) is 0 Å². The van der Waals surface area contributed by atoms with Gasteiger partial charge in [0.15, 0.2) is 11.6 Å². The molecular formula is C24H23NO5. The van der Waals surface area contributed by atoms with Crippen LogP contribution in [-0.2, 0) is 14.4 Å². The molecule has 6 heteroatoms. The van der Waals surface area contributed by atoms with Crippen LogP contribution in [0.3, 0.4) is 0 Å². The molecule has 30 heavy (non-hydrogen) atoms. The zero-order chi connectivity index (χ0) is 21.3. The van der Waals surface area contributed by atoms with Crippen LogP contribution in [0.5, 0.6) is 5.75 Å². The highest BCUT2D eigenvalue weighted by atomic mass is 16.5. The Labute approximate surface area is 175 Å². The van der Waals surface area contributed by atoms with E-state index >= 15 is 0 Å². The van der Waals surface area contributed by atoms with Crippen molar-refractivity contribution in [2.75, 3.05) is 13.2 Å². The van der Waals surface area contributed by atoms with Crippen molar-refractivity contribution in [1.29, 1.82) is 0 Å². The molecule has 1 heterocycles. The van der Waals surface area contributed by atoms with Gasteiger partial charge in [0, 0.05) is 41.3 Å². The Kier molecular flexibility index (Phi) is 5.45. The van der Waals surface area contributed by atoms with Crippen molar-refractivity contribution in [3.63, 3.8) is 0 Å². The molecule has 0 saturated carbocycles. The number of hydrogen-bond donors (Lipinski definition) is 1. The van der Waals surface area contributed by atoms with Crippen LogP contribution in [0.15, 0.2) is 46.8 Å². The minimum atomic E-state index is -0.974. The second kappa shape index (κ2) is 8.19. The average Bonchev–Trinajstić information content (AvgIpc) is 2.73. The van der Waals surface area contributed by atoms with Gasteiger partial charge in [-0.2, -0.15) is 0 Å². The van der Waals surface area contributed by atoms with Gasteiger partial charge in [-0.05, 0) is 43.4 Å². The lowest BCUT2D eigenvalue weighted by molar-refractivity contribution is -0.138. The molecule has 1 aromatic carbocycles. The lowest BCUT2D eigenvalue weighted by Crippen LogP contribution is -2.41. The molecular weight excluding hydrogens is 382 g/mol. The van der Waals surface area contributed by atoms with E-state index in [4.69, 9.17) is 11.2 Å². The first-order valence-electron chi connectivity index (χ1n) is 10.2. The predicted molar refractivity (Wildman–Crippen MR) is 110 cm³/mol. The van der Waals surface area contributed by atoms with Crippen molar-refractivity contribution >= 4 is 17.5 Å². The monoisotopic (exact) mass is 405 g/mol. The number of aliphatic carboxylic acids is 1. The zero-order valence-electron chi connectivity index (χ0n) is 16.6. The predicted octanol–water partition coefficient (Wildman–Crippen LogP) is 3.20. The first-order valence-corrected chi connectivity index (χ1v) is 10.2. The van der Waals surface area contributed by atoms with Gasteiger partial charge in [0.25, 0.3) is 0 Å². The summed E-state index contributed by atoms with van der Waals surface area (Å²) in [6, 6.07) is 7.31. The highest BCUT2D eigenvalue weighted by Crippen LogP contribution is 2.49. The Morgan fingerprint density at radius 1 is 1.03 bits per heavy atom. The summed E-state index contributed by atoms with van der Waals surface area (Å²) >= 11 is 0. The molecule has 0 radical (unpaired) electrons. The normalized spacial score (nSPS) is 19.4. The number of hydrogen-bond acceptors (Lipinski definition) is 5. The SMILES string of the molecule is C#CCOc1ccc(C2C3=C(CCCC3=O)N(CC(=O)O)C3=C2C(=O)CCC3)cc1. The van der Waals surface area contributed by atoms with Gasteiger partial charge in [0.05, 0.1) is 0 Å². The highest BCUT2D eigenvalue weighted by Gasteiger charge is 2.43. The van der Waals surface area contributed by atoms with Crippen LogP contribution >= 0.6 is 0 Å². The van der Waals surface area contributed by atoms with Gasteiger partial charge in [0.1, 0.15) is 18.9 Å². The molecule has 0 unspecified atom stereocenters. The van der Waals surface area contributed by atoms with E-state index in [-0.39, 0.29) is 24.7 Å². The van der Waals surface area contributed by atoms with Gasteiger partial charge < -0.3 is 14.7 Å². The highest BCUT2D eigenvalue weighted by molar-refractivity contribution is 6.06. The number of benzene rings is 1. The number of carbonyl (C=O) groups excluding carboxylic acids is 2. The fourth-order valence-electron chi connectivity index (χ4n) is 4.76. The minimum Gasteiger partial charge on any atom is -0.481 e. The molecule has 0 bridgehead atoms. The smallest absolute Gasteiger partial charge is 0.323 e. The van der Waals surface area contributed by atoms with E-state index in [1.165, 1.54) is 0 Å². The molecule has 0 saturated heterocycles. The fourth-order valence-corrected chi connectivity index (χ4v) is 4.76. The third kappa shape index (κ3) is 3.52. The van der Waals surface area contributed by atoms with Crippen molar-refractivity contribution in [3.05, 3.63) is 52.4 Å². The van der Waals surface area contributed by atoms with Gasteiger partial charge >= 0.3 is 5.97 Å². The van der Waals surface area contributed by atoms with E-state index in [1.54, 1.807) is 17.0 Å². The van der Waals surface area contributed by atoms with Crippen LogP contribution in [0.1, 0.15) is 50.0 Å². The molecule has 1 aliphatic heterocycles. The van der Waals surface area contributed by atoms with Crippen molar-refractivity contribution in [2.24, 2.45) is 0 Å². The largest absolute Gasteiger partial charge is 0.481 e. The zero-order valence-corrected chi connectivity index (χ0v) is 16.6. The molecule has 4 rings (SSSR count). The summed E-state index contributed by atoms with van der Waals surface area (Å²) in [6.45, 7) is -0.0711. The van der Waals surface area contributed by atoms with Crippen molar-refractivity contribution in [2.45, 2.75) is 44.4 Å². The molecule has 1 N–H and O–H groups in total. The number of carboxylic acid groups (broad SMARTS) is 1. The van der Waals surface area contributed by atoms with E-state index in [2.05, 4.69) is 5.92 Å². The standard InChI is InChI=1S/C24H23NO5/c1-2-13-30-16-11-9-15(10-12-16)22-23-17(5-3-7-19(23)26)25(14-21(28)29)18-6-4-8-20(27)24(18)22/h1,9-12,22H,3-8,13-14H2,(H,28,29). The van der Waals surface area contributed by atoms with Crippen molar-refractivity contribution in [3.8, 4) is 18.1 Å². The summed E-state index contributed by atoms with van der Waals surface area (Å²) < 4.78 is 5.45. The van der Waals surface area contributed by atoms with Gasteiger partial charge in [-0.1, -0.05) is 18.1 Å². The van der Waals surface area contributed by atoms with Gasteiger partial charge in [-0.15, -0.1) is 6.42 Å². The number of rotatable bonds is 5. The van der Waals surface area contributed by atoms with Crippen molar-refractivity contribution < 1.29 is 24.2 Å². The number of Topliss-reactive ketones (excluding diaryl/α,β-unsaturated/α-hetero) is 2. The molecule has 6 nitrogen and oxygen atoms in total. The molecule has 0 atom stereocenters. The van der Waals surface area contributed by atoms with Gasteiger partial charge in [-0.25, -0.2) is 0 Å². The number of terminal acetylenes is 1. The van der Waals surface area contributed by atoms with E-state index in [0.29, 0.717) is 55.4 Å². The number of ether oxygens (including phenoxy) is 1. The van der Waals surface area contributed by atoms with Crippen molar-refractivity contribution in [1.82, 2.24) is 4.90 Å². The first-order chi connectivity index (χ1) is 14.5. The number of allylic oxidation sites excluding steroid dienone is 4. The van der Waals surface area contributed by atoms with Crippen LogP contribution in [0, 0.1) is 12.3 Å². The topological polar surface area (TPSA) is 83.9 Å². The summed E-state index contributed by atoms with van der Waals surface area (Å²) in [5.74, 6) is 1.60. The number of nitrogens with zero attached hydrogens (tertiary/aromatic N) is 1. The van der Waals surface area contributed by atoms with Gasteiger partial charge in [0.2, 0.25) is 0 Å². The summed E-state index contributed by atoms with van der Waals surface area (Å²) in [7, 11) is 0. The average molecular weight is 405 g/mol. The quantitative estimate of drug-likeness (QED) is 0.758. The van der Waals surface area contributed by atoms with Crippen LogP contribution in [-0.4, -0.2) is 40.7 Å². The summed E-state index contributed by atoms with van der Waals surface area (Å²) in [6.07, 6.45) is 8.72. The maximum atomic E-state index is 13.0. The molecule has 0 amide bonds. The number of ketones is 2. The van der Waals surface area contributed by atoms with Crippen LogP contribution < -0.4 is 4.74 Å². The third-order valence-corrected chi connectivity index (χ3v) is 5.92. The second-order valence-electron chi connectivity index (χ2n) is 7.75. The fraction of sp³-hybridized carbons (Fsp3) is 0.375. The molecule has 2 aliphatic carbocycles. The Bertz CT molecular complexity index is 965. The maximum Gasteiger partial charge on any atom is 0.323 e. The lowest BCUT2D eigenvalue weighted by atomic mass is 9.71. The Morgan fingerprint density at radius 3 is 2.10 bits per heavy atom. The molecule has 3 aliphatic rings. The Morgan fingerprint density at radius 2 is 1.60 bits per heavy atom. The van der Waals surface area contributed by atoms with Crippen LogP contribution in [0.25, 0.3) is 0 Å². The Hall–Kier alpha value is -3.33. The Balaban J connectivity index is 1.85. The van der Waals surface area contributed by atoms with E-state index in [0.717, 1.165) is 17.0 Å². The number of carbonyl (C=O) groups is 3. The summed E-state index contributed by atoms with van der Waals surface area (Å²) in [4.78, 5) is 39.3. The van der Waals surface area contributed by atoms with E-state index in [1.807, 2.05) is 12.1 Å². The van der Waals surface area contributed by atoms with E-state index in [9.17, 15) is 19.5 Å². The lowest BCUT2D eigenvalue weighted by Gasteiger charge is -2.43. The molecule has 154 valence electrons.